The molecule has 162 valence electrons. The molecule has 5 nitrogen and oxygen atoms in total. The van der Waals surface area contributed by atoms with Crippen LogP contribution in [0, 0.1) is 12.7 Å². The number of anilines is 2. The van der Waals surface area contributed by atoms with E-state index in [1.807, 2.05) is 32.0 Å². The van der Waals surface area contributed by atoms with Crippen molar-refractivity contribution in [3.63, 3.8) is 0 Å². The number of hydrogen-bond acceptors (Lipinski definition) is 3. The van der Waals surface area contributed by atoms with Gasteiger partial charge in [0.25, 0.3) is 15.9 Å². The summed E-state index contributed by atoms with van der Waals surface area (Å²) in [5.41, 5.74) is 2.87. The highest BCUT2D eigenvalue weighted by atomic mass is 35.5. The van der Waals surface area contributed by atoms with Crippen LogP contribution >= 0.6 is 11.6 Å². The molecule has 31 heavy (non-hydrogen) atoms. The monoisotopic (exact) mass is 460 g/mol. The van der Waals surface area contributed by atoms with Gasteiger partial charge in [0, 0.05) is 12.7 Å². The summed E-state index contributed by atoms with van der Waals surface area (Å²) in [6, 6.07) is 14.7. The van der Waals surface area contributed by atoms with Crippen LogP contribution in [0.25, 0.3) is 0 Å². The Morgan fingerprint density at radius 1 is 1.10 bits per heavy atom. The maximum Gasteiger partial charge on any atom is 0.264 e. The molecule has 0 aromatic heterocycles. The number of sulfonamides is 1. The molecule has 3 aromatic carbocycles. The number of para-hydroxylation sites is 1. The predicted octanol–water partition coefficient (Wildman–Crippen LogP) is 5.43. The van der Waals surface area contributed by atoms with Gasteiger partial charge in [-0.05, 0) is 66.9 Å². The van der Waals surface area contributed by atoms with Crippen LogP contribution in [0.1, 0.15) is 28.4 Å². The van der Waals surface area contributed by atoms with Crippen LogP contribution < -0.4 is 9.62 Å². The number of nitrogens with one attached hydrogen (secondary N) is 1. The fourth-order valence-corrected chi connectivity index (χ4v) is 4.60. The maximum absolute atomic E-state index is 13.2. The third-order valence-electron chi connectivity index (χ3n) is 5.01. The Labute approximate surface area is 186 Å². The maximum atomic E-state index is 13.2. The number of aryl methyl sites for hydroxylation is 2. The Bertz CT molecular complexity index is 1230. The quantitative estimate of drug-likeness (QED) is 0.533. The zero-order valence-electron chi connectivity index (χ0n) is 17.3. The van der Waals surface area contributed by atoms with Crippen molar-refractivity contribution in [2.75, 3.05) is 16.7 Å². The van der Waals surface area contributed by atoms with Gasteiger partial charge in [-0.2, -0.15) is 0 Å². The second-order valence-electron chi connectivity index (χ2n) is 7.01. The van der Waals surface area contributed by atoms with E-state index in [1.165, 1.54) is 49.5 Å². The third-order valence-corrected chi connectivity index (χ3v) is 7.12. The zero-order chi connectivity index (χ0) is 22.8. The lowest BCUT2D eigenvalue weighted by molar-refractivity contribution is 0.102. The highest BCUT2D eigenvalue weighted by Crippen LogP contribution is 2.28. The third kappa shape index (κ3) is 4.73. The van der Waals surface area contributed by atoms with Crippen LogP contribution in [-0.4, -0.2) is 21.4 Å². The van der Waals surface area contributed by atoms with Gasteiger partial charge in [0.05, 0.1) is 21.2 Å². The molecule has 0 radical (unpaired) electrons. The van der Waals surface area contributed by atoms with E-state index < -0.39 is 21.7 Å². The van der Waals surface area contributed by atoms with Crippen LogP contribution in [0.5, 0.6) is 0 Å². The van der Waals surface area contributed by atoms with Crippen molar-refractivity contribution in [1.82, 2.24) is 0 Å². The molecule has 0 bridgehead atoms. The first-order valence-electron chi connectivity index (χ1n) is 9.59. The summed E-state index contributed by atoms with van der Waals surface area (Å²) >= 11 is 6.22. The van der Waals surface area contributed by atoms with Gasteiger partial charge in [-0.25, -0.2) is 12.8 Å². The number of halogens is 2. The van der Waals surface area contributed by atoms with E-state index in [9.17, 15) is 17.6 Å². The normalized spacial score (nSPS) is 11.3. The Kier molecular flexibility index (Phi) is 6.67. The highest BCUT2D eigenvalue weighted by Gasteiger charge is 2.24. The Hall–Kier alpha value is -2.90. The molecule has 0 aliphatic carbocycles. The lowest BCUT2D eigenvalue weighted by Gasteiger charge is -2.20. The number of rotatable bonds is 6. The van der Waals surface area contributed by atoms with Gasteiger partial charge in [-0.3, -0.25) is 9.10 Å². The molecule has 0 unspecified atom stereocenters. The zero-order valence-corrected chi connectivity index (χ0v) is 18.9. The predicted molar refractivity (Wildman–Crippen MR) is 122 cm³/mol. The fourth-order valence-electron chi connectivity index (χ4n) is 3.17. The molecule has 8 heteroatoms. The summed E-state index contributed by atoms with van der Waals surface area (Å²) < 4.78 is 40.4. The van der Waals surface area contributed by atoms with Gasteiger partial charge in [0.15, 0.2) is 0 Å². The smallest absolute Gasteiger partial charge is 0.264 e. The molecule has 0 fully saturated rings. The summed E-state index contributed by atoms with van der Waals surface area (Å²) in [5, 5.41) is 2.99. The van der Waals surface area contributed by atoms with Crippen molar-refractivity contribution in [3.8, 4) is 0 Å². The first-order chi connectivity index (χ1) is 14.6. The highest BCUT2D eigenvalue weighted by molar-refractivity contribution is 7.92. The minimum absolute atomic E-state index is 0.0422. The lowest BCUT2D eigenvalue weighted by atomic mass is 10.1. The van der Waals surface area contributed by atoms with Gasteiger partial charge in [-0.1, -0.05) is 36.7 Å². The summed E-state index contributed by atoms with van der Waals surface area (Å²) in [6.07, 6.45) is 0.724. The molecule has 0 atom stereocenters. The average molecular weight is 461 g/mol. The number of hydrogen-bond donors (Lipinski definition) is 1. The van der Waals surface area contributed by atoms with Crippen LogP contribution in [0.3, 0.4) is 0 Å². The van der Waals surface area contributed by atoms with Gasteiger partial charge in [-0.15, -0.1) is 0 Å². The second-order valence-corrected chi connectivity index (χ2v) is 9.38. The van der Waals surface area contributed by atoms with Crippen molar-refractivity contribution in [2.45, 2.75) is 25.2 Å². The van der Waals surface area contributed by atoms with Crippen molar-refractivity contribution in [3.05, 3.63) is 88.2 Å². The number of nitrogens with zero attached hydrogens (tertiary/aromatic N) is 1. The number of amides is 1. The van der Waals surface area contributed by atoms with E-state index in [0.29, 0.717) is 5.69 Å². The molecular weight excluding hydrogens is 439 g/mol. The standard InChI is InChI=1S/C23H22ClFN2O3S/c1-4-16-7-5-6-15(2)22(16)26-23(28)20-14-19(12-13-21(20)24)31(29,30)27(3)18-10-8-17(25)9-11-18/h5-14H,4H2,1-3H3,(H,26,28). The summed E-state index contributed by atoms with van der Waals surface area (Å²) in [4.78, 5) is 12.9. The number of carbonyl (C=O) groups is 1. The molecule has 3 aromatic rings. The molecule has 3 rings (SSSR count). The van der Waals surface area contributed by atoms with Crippen LogP contribution in [0.15, 0.2) is 65.6 Å². The van der Waals surface area contributed by atoms with E-state index in [1.54, 1.807) is 0 Å². The van der Waals surface area contributed by atoms with E-state index >= 15 is 0 Å². The van der Waals surface area contributed by atoms with Gasteiger partial charge in [0.1, 0.15) is 5.82 Å². The van der Waals surface area contributed by atoms with Gasteiger partial charge < -0.3 is 5.32 Å². The molecule has 0 spiro atoms. The van der Waals surface area contributed by atoms with E-state index in [-0.39, 0.29) is 21.2 Å². The first kappa shape index (κ1) is 22.8. The molecule has 1 N–H and O–H groups in total. The van der Waals surface area contributed by atoms with Gasteiger partial charge in [0.2, 0.25) is 0 Å². The second kappa shape index (κ2) is 9.08. The number of carbonyl (C=O) groups excluding carboxylic acids is 1. The van der Waals surface area contributed by atoms with Crippen molar-refractivity contribution < 1.29 is 17.6 Å². The van der Waals surface area contributed by atoms with Crippen molar-refractivity contribution in [1.29, 1.82) is 0 Å². The Morgan fingerprint density at radius 2 is 1.77 bits per heavy atom. The topological polar surface area (TPSA) is 66.5 Å². The van der Waals surface area contributed by atoms with Crippen molar-refractivity contribution in [2.24, 2.45) is 0 Å². The molecule has 0 saturated heterocycles. The Morgan fingerprint density at radius 3 is 2.42 bits per heavy atom. The largest absolute Gasteiger partial charge is 0.321 e. The van der Waals surface area contributed by atoms with Crippen LogP contribution in [-0.2, 0) is 16.4 Å². The SMILES string of the molecule is CCc1cccc(C)c1NC(=O)c1cc(S(=O)(=O)N(C)c2ccc(F)cc2)ccc1Cl. The minimum Gasteiger partial charge on any atom is -0.321 e. The van der Waals surface area contributed by atoms with Gasteiger partial charge >= 0.3 is 0 Å². The average Bonchev–Trinajstić information content (AvgIpc) is 2.75. The number of benzene rings is 3. The molecule has 0 heterocycles. The van der Waals surface area contributed by atoms with E-state index in [4.69, 9.17) is 11.6 Å². The van der Waals surface area contributed by atoms with Crippen molar-refractivity contribution >= 4 is 38.9 Å². The minimum atomic E-state index is -4.00. The molecule has 0 aliphatic heterocycles. The molecule has 0 aliphatic rings. The molecule has 0 saturated carbocycles. The first-order valence-corrected chi connectivity index (χ1v) is 11.4. The fraction of sp³-hybridized carbons (Fsp3) is 0.174. The van der Waals surface area contributed by atoms with E-state index in [0.717, 1.165) is 21.9 Å². The summed E-state index contributed by atoms with van der Waals surface area (Å²) in [7, 11) is -2.64. The van der Waals surface area contributed by atoms with Crippen LogP contribution in [0.2, 0.25) is 5.02 Å². The molecule has 1 amide bonds. The molecular formula is C23H22ClFN2O3S. The summed E-state index contributed by atoms with van der Waals surface area (Å²) in [5.74, 6) is -0.974. The van der Waals surface area contributed by atoms with Crippen LogP contribution in [0.4, 0.5) is 15.8 Å². The lowest BCUT2D eigenvalue weighted by Crippen LogP contribution is -2.27. The summed E-state index contributed by atoms with van der Waals surface area (Å²) in [6.45, 7) is 3.87. The Balaban J connectivity index is 1.96. The van der Waals surface area contributed by atoms with E-state index in [2.05, 4.69) is 5.32 Å².